The number of hydrogen-bond acceptors (Lipinski definition) is 4. The van der Waals surface area contributed by atoms with E-state index < -0.39 is 0 Å². The van der Waals surface area contributed by atoms with Gasteiger partial charge in [-0.25, -0.2) is 0 Å². The molecule has 1 N–H and O–H groups in total. The van der Waals surface area contributed by atoms with Gasteiger partial charge in [0.15, 0.2) is 0 Å². The Morgan fingerprint density at radius 3 is 2.79 bits per heavy atom. The molecule has 1 saturated heterocycles. The molecule has 0 radical (unpaired) electrons. The van der Waals surface area contributed by atoms with E-state index in [0.29, 0.717) is 6.04 Å². The fraction of sp³-hybridized carbons (Fsp3) is 0.467. The Morgan fingerprint density at radius 1 is 1.21 bits per heavy atom. The lowest BCUT2D eigenvalue weighted by molar-refractivity contribution is 0.209. The summed E-state index contributed by atoms with van der Waals surface area (Å²) >= 11 is 0. The molecule has 0 amide bonds. The summed E-state index contributed by atoms with van der Waals surface area (Å²) in [6, 6.07) is 6.37. The largest absolute Gasteiger partial charge is 0.472 e. The Hall–Kier alpha value is -1.52. The zero-order chi connectivity index (χ0) is 12.9. The predicted molar refractivity (Wildman–Crippen MR) is 72.7 cm³/mol. The van der Waals surface area contributed by atoms with E-state index >= 15 is 0 Å². The SMILES string of the molecule is c1coc(C(CNCc2ccoc2)N2CCCC2)c1. The van der Waals surface area contributed by atoms with Gasteiger partial charge in [0.2, 0.25) is 0 Å². The second-order valence-corrected chi connectivity index (χ2v) is 5.04. The Balaban J connectivity index is 1.59. The first-order chi connectivity index (χ1) is 9.43. The molecule has 1 aliphatic rings. The molecule has 0 aliphatic carbocycles. The van der Waals surface area contributed by atoms with E-state index in [4.69, 9.17) is 8.83 Å². The molecule has 3 rings (SSSR count). The third-order valence-corrected chi connectivity index (χ3v) is 3.70. The van der Waals surface area contributed by atoms with E-state index in [9.17, 15) is 0 Å². The lowest BCUT2D eigenvalue weighted by atomic mass is 10.2. The van der Waals surface area contributed by atoms with Crippen LogP contribution in [0.3, 0.4) is 0 Å². The summed E-state index contributed by atoms with van der Waals surface area (Å²) in [5.41, 5.74) is 1.18. The molecular weight excluding hydrogens is 240 g/mol. The van der Waals surface area contributed by atoms with Gasteiger partial charge in [0.05, 0.1) is 24.8 Å². The average molecular weight is 260 g/mol. The molecule has 4 heteroatoms. The lowest BCUT2D eigenvalue weighted by Gasteiger charge is -2.26. The lowest BCUT2D eigenvalue weighted by Crippen LogP contribution is -2.33. The molecule has 1 atom stereocenters. The highest BCUT2D eigenvalue weighted by atomic mass is 16.3. The zero-order valence-electron chi connectivity index (χ0n) is 11.0. The molecule has 1 aliphatic heterocycles. The highest BCUT2D eigenvalue weighted by Gasteiger charge is 2.24. The Labute approximate surface area is 113 Å². The number of hydrogen-bond donors (Lipinski definition) is 1. The quantitative estimate of drug-likeness (QED) is 0.867. The van der Waals surface area contributed by atoms with Gasteiger partial charge < -0.3 is 14.2 Å². The van der Waals surface area contributed by atoms with Gasteiger partial charge in [-0.3, -0.25) is 4.90 Å². The van der Waals surface area contributed by atoms with Gasteiger partial charge in [-0.15, -0.1) is 0 Å². The molecule has 3 heterocycles. The third kappa shape index (κ3) is 3.08. The van der Waals surface area contributed by atoms with Gasteiger partial charge in [0, 0.05) is 18.7 Å². The highest BCUT2D eigenvalue weighted by molar-refractivity contribution is 5.08. The van der Waals surface area contributed by atoms with Crippen LogP contribution < -0.4 is 5.32 Å². The van der Waals surface area contributed by atoms with Gasteiger partial charge in [0.25, 0.3) is 0 Å². The predicted octanol–water partition coefficient (Wildman–Crippen LogP) is 2.80. The van der Waals surface area contributed by atoms with Crippen molar-refractivity contribution in [1.29, 1.82) is 0 Å². The van der Waals surface area contributed by atoms with E-state index in [-0.39, 0.29) is 0 Å². The first-order valence-corrected chi connectivity index (χ1v) is 6.93. The molecule has 0 saturated carbocycles. The molecule has 0 aromatic carbocycles. The molecular formula is C15H20N2O2. The molecule has 2 aromatic rings. The van der Waals surface area contributed by atoms with Crippen molar-refractivity contribution in [2.75, 3.05) is 19.6 Å². The second kappa shape index (κ2) is 6.08. The standard InChI is InChI=1S/C15H20N2O2/c1-2-7-17(6-1)14(15-4-3-8-19-15)11-16-10-13-5-9-18-12-13/h3-5,8-9,12,14,16H,1-2,6-7,10-11H2. The van der Waals surface area contributed by atoms with Crippen molar-refractivity contribution in [1.82, 2.24) is 10.2 Å². The first-order valence-electron chi connectivity index (χ1n) is 6.93. The van der Waals surface area contributed by atoms with Gasteiger partial charge in [-0.05, 0) is 44.1 Å². The Bertz CT molecular complexity index is 458. The van der Waals surface area contributed by atoms with Crippen LogP contribution in [0.1, 0.15) is 30.2 Å². The molecule has 0 spiro atoms. The molecule has 0 bridgehead atoms. The fourth-order valence-corrected chi connectivity index (χ4v) is 2.69. The molecule has 4 nitrogen and oxygen atoms in total. The molecule has 1 fully saturated rings. The van der Waals surface area contributed by atoms with Crippen molar-refractivity contribution in [3.8, 4) is 0 Å². The summed E-state index contributed by atoms with van der Waals surface area (Å²) in [6.07, 6.45) is 7.83. The van der Waals surface area contributed by atoms with E-state index in [1.54, 1.807) is 18.8 Å². The molecule has 102 valence electrons. The van der Waals surface area contributed by atoms with Crippen LogP contribution in [0.15, 0.2) is 45.8 Å². The topological polar surface area (TPSA) is 41.6 Å². The van der Waals surface area contributed by atoms with E-state index in [1.165, 1.54) is 31.5 Å². The minimum absolute atomic E-state index is 0.337. The van der Waals surface area contributed by atoms with Crippen molar-refractivity contribution in [2.24, 2.45) is 0 Å². The van der Waals surface area contributed by atoms with Crippen LogP contribution in [-0.2, 0) is 6.54 Å². The molecule has 2 aromatic heterocycles. The van der Waals surface area contributed by atoms with Crippen molar-refractivity contribution in [3.63, 3.8) is 0 Å². The Morgan fingerprint density at radius 2 is 2.11 bits per heavy atom. The summed E-state index contributed by atoms with van der Waals surface area (Å²) in [5.74, 6) is 1.06. The van der Waals surface area contributed by atoms with Gasteiger partial charge in [-0.2, -0.15) is 0 Å². The fourth-order valence-electron chi connectivity index (χ4n) is 2.69. The maximum atomic E-state index is 5.60. The van der Waals surface area contributed by atoms with Crippen molar-refractivity contribution in [2.45, 2.75) is 25.4 Å². The number of nitrogens with zero attached hydrogens (tertiary/aromatic N) is 1. The van der Waals surface area contributed by atoms with Crippen LogP contribution in [0.25, 0.3) is 0 Å². The van der Waals surface area contributed by atoms with Crippen molar-refractivity contribution >= 4 is 0 Å². The van der Waals surface area contributed by atoms with E-state index in [2.05, 4.69) is 16.3 Å². The number of rotatable bonds is 6. The van der Waals surface area contributed by atoms with Gasteiger partial charge in [-0.1, -0.05) is 0 Å². The Kier molecular flexibility index (Phi) is 4.01. The zero-order valence-corrected chi connectivity index (χ0v) is 11.0. The molecule has 1 unspecified atom stereocenters. The first kappa shape index (κ1) is 12.5. The maximum Gasteiger partial charge on any atom is 0.122 e. The van der Waals surface area contributed by atoms with Crippen LogP contribution in [0.4, 0.5) is 0 Å². The van der Waals surface area contributed by atoms with Crippen molar-refractivity contribution in [3.05, 3.63) is 48.3 Å². The number of nitrogens with one attached hydrogen (secondary N) is 1. The summed E-state index contributed by atoms with van der Waals surface area (Å²) in [5, 5.41) is 3.49. The normalized spacial score (nSPS) is 17.9. The smallest absolute Gasteiger partial charge is 0.122 e. The monoisotopic (exact) mass is 260 g/mol. The van der Waals surface area contributed by atoms with Gasteiger partial charge >= 0.3 is 0 Å². The van der Waals surface area contributed by atoms with Crippen LogP contribution in [0, 0.1) is 0 Å². The summed E-state index contributed by atoms with van der Waals surface area (Å²) < 4.78 is 10.7. The van der Waals surface area contributed by atoms with Gasteiger partial charge in [0.1, 0.15) is 5.76 Å². The number of furan rings is 2. The number of likely N-dealkylation sites (tertiary alicyclic amines) is 1. The van der Waals surface area contributed by atoms with E-state index in [0.717, 1.165) is 18.8 Å². The third-order valence-electron chi connectivity index (χ3n) is 3.70. The minimum Gasteiger partial charge on any atom is -0.472 e. The summed E-state index contributed by atoms with van der Waals surface area (Å²) in [7, 11) is 0. The molecule has 19 heavy (non-hydrogen) atoms. The van der Waals surface area contributed by atoms with Crippen molar-refractivity contribution < 1.29 is 8.83 Å². The summed E-state index contributed by atoms with van der Waals surface area (Å²) in [4.78, 5) is 2.50. The second-order valence-electron chi connectivity index (χ2n) is 5.04. The van der Waals surface area contributed by atoms with Crippen LogP contribution in [0.2, 0.25) is 0 Å². The van der Waals surface area contributed by atoms with Crippen LogP contribution >= 0.6 is 0 Å². The van der Waals surface area contributed by atoms with Crippen LogP contribution in [-0.4, -0.2) is 24.5 Å². The summed E-state index contributed by atoms with van der Waals surface area (Å²) in [6.45, 7) is 4.07. The van der Waals surface area contributed by atoms with Crippen LogP contribution in [0.5, 0.6) is 0 Å². The maximum absolute atomic E-state index is 5.60. The highest BCUT2D eigenvalue weighted by Crippen LogP contribution is 2.24. The average Bonchev–Trinajstić information content (AvgIpc) is 3.15. The minimum atomic E-state index is 0.337. The van der Waals surface area contributed by atoms with E-state index in [1.807, 2.05) is 12.1 Å².